The van der Waals surface area contributed by atoms with Crippen LogP contribution in [0.3, 0.4) is 0 Å². The molecule has 0 aliphatic heterocycles. The molecule has 0 spiro atoms. The lowest BCUT2D eigenvalue weighted by Gasteiger charge is -2.24. The van der Waals surface area contributed by atoms with Crippen LogP contribution in [0.1, 0.15) is 30.7 Å². The van der Waals surface area contributed by atoms with E-state index in [9.17, 15) is 4.79 Å². The molecule has 0 bridgehead atoms. The summed E-state index contributed by atoms with van der Waals surface area (Å²) in [5.41, 5.74) is 4.16. The number of benzene rings is 2. The van der Waals surface area contributed by atoms with E-state index in [4.69, 9.17) is 0 Å². The molecule has 2 N–H and O–H groups in total. The topological polar surface area (TPSA) is 57.8 Å². The maximum Gasteiger partial charge on any atom is 0.227 e. The summed E-state index contributed by atoms with van der Waals surface area (Å²) in [5, 5.41) is 3.11. The molecule has 4 heteroatoms. The van der Waals surface area contributed by atoms with E-state index in [2.05, 4.69) is 21.4 Å². The van der Waals surface area contributed by atoms with Gasteiger partial charge in [-0.25, -0.2) is 4.98 Å². The Morgan fingerprint density at radius 2 is 1.88 bits per heavy atom. The van der Waals surface area contributed by atoms with Gasteiger partial charge in [-0.05, 0) is 43.0 Å². The van der Waals surface area contributed by atoms with Crippen LogP contribution in [-0.2, 0) is 17.6 Å². The molecule has 1 aliphatic rings. The van der Waals surface area contributed by atoms with Gasteiger partial charge in [0.2, 0.25) is 5.91 Å². The number of fused-ring (bicyclic) bond motifs is 1. The van der Waals surface area contributed by atoms with Crippen LogP contribution >= 0.6 is 0 Å². The Hall–Kier alpha value is -2.62. The molecule has 4 rings (SSSR count). The zero-order valence-corrected chi connectivity index (χ0v) is 13.6. The lowest BCUT2D eigenvalue weighted by atomic mass is 9.84. The van der Waals surface area contributed by atoms with Gasteiger partial charge in [0.05, 0.1) is 11.0 Å². The molecule has 1 amide bonds. The van der Waals surface area contributed by atoms with Gasteiger partial charge in [0.25, 0.3) is 0 Å². The largest absolute Gasteiger partial charge is 0.342 e. The first-order valence-electron chi connectivity index (χ1n) is 8.62. The first-order valence-corrected chi connectivity index (χ1v) is 8.62. The van der Waals surface area contributed by atoms with Crippen molar-refractivity contribution in [3.63, 3.8) is 0 Å². The first kappa shape index (κ1) is 14.9. The Morgan fingerprint density at radius 3 is 2.67 bits per heavy atom. The quantitative estimate of drug-likeness (QED) is 0.744. The van der Waals surface area contributed by atoms with Crippen LogP contribution in [0.15, 0.2) is 48.5 Å². The van der Waals surface area contributed by atoms with Crippen LogP contribution in [0.5, 0.6) is 0 Å². The molecule has 0 atom stereocenters. The summed E-state index contributed by atoms with van der Waals surface area (Å²) in [5.74, 6) is 1.35. The predicted octanol–water partition coefficient (Wildman–Crippen LogP) is 4.09. The summed E-state index contributed by atoms with van der Waals surface area (Å²) in [6, 6.07) is 16.1. The number of aryl methyl sites for hydroxylation is 2. The van der Waals surface area contributed by atoms with Crippen LogP contribution in [0, 0.1) is 5.92 Å². The highest BCUT2D eigenvalue weighted by molar-refractivity contribution is 5.93. The summed E-state index contributed by atoms with van der Waals surface area (Å²) in [7, 11) is 0. The van der Waals surface area contributed by atoms with Crippen molar-refractivity contribution < 1.29 is 4.79 Å². The van der Waals surface area contributed by atoms with Crippen LogP contribution in [-0.4, -0.2) is 15.9 Å². The SMILES string of the molecule is O=C(Nc1ccccc1CCc1nc2ccccc2[nH]1)C1CCC1. The van der Waals surface area contributed by atoms with Gasteiger partial charge in [0.1, 0.15) is 5.82 Å². The molecule has 1 saturated carbocycles. The molecule has 3 aromatic rings. The van der Waals surface area contributed by atoms with Gasteiger partial charge in [0, 0.05) is 18.0 Å². The molecule has 1 heterocycles. The van der Waals surface area contributed by atoms with Crippen molar-refractivity contribution >= 4 is 22.6 Å². The summed E-state index contributed by atoms with van der Waals surface area (Å²) in [6.07, 6.45) is 4.89. The second kappa shape index (κ2) is 6.48. The molecule has 0 saturated heterocycles. The second-order valence-electron chi connectivity index (χ2n) is 6.47. The summed E-state index contributed by atoms with van der Waals surface area (Å²) < 4.78 is 0. The van der Waals surface area contributed by atoms with Crippen LogP contribution in [0.25, 0.3) is 11.0 Å². The maximum absolute atomic E-state index is 12.2. The third-order valence-electron chi connectivity index (χ3n) is 4.82. The fraction of sp³-hybridized carbons (Fsp3) is 0.300. The van der Waals surface area contributed by atoms with E-state index in [-0.39, 0.29) is 11.8 Å². The number of amides is 1. The highest BCUT2D eigenvalue weighted by Crippen LogP contribution is 2.28. The average Bonchev–Trinajstić information content (AvgIpc) is 2.95. The van der Waals surface area contributed by atoms with Crippen LogP contribution < -0.4 is 5.32 Å². The smallest absolute Gasteiger partial charge is 0.227 e. The zero-order valence-electron chi connectivity index (χ0n) is 13.6. The first-order chi connectivity index (χ1) is 11.8. The minimum atomic E-state index is 0.164. The van der Waals surface area contributed by atoms with Gasteiger partial charge in [-0.1, -0.05) is 36.8 Å². The standard InChI is InChI=1S/C20H21N3O/c24-20(15-7-5-8-15)23-16-9-2-1-6-14(16)12-13-19-21-17-10-3-4-11-18(17)22-19/h1-4,6,9-11,15H,5,7-8,12-13H2,(H,21,22)(H,23,24). The minimum absolute atomic E-state index is 0.164. The van der Waals surface area contributed by atoms with E-state index < -0.39 is 0 Å². The van der Waals surface area contributed by atoms with Crippen molar-refractivity contribution in [1.82, 2.24) is 9.97 Å². The van der Waals surface area contributed by atoms with E-state index in [0.717, 1.165) is 53.8 Å². The Kier molecular flexibility index (Phi) is 4.03. The van der Waals surface area contributed by atoms with Gasteiger partial charge in [-0.3, -0.25) is 4.79 Å². The molecule has 4 nitrogen and oxygen atoms in total. The number of carbonyl (C=O) groups is 1. The van der Waals surface area contributed by atoms with Crippen LogP contribution in [0.4, 0.5) is 5.69 Å². The molecule has 24 heavy (non-hydrogen) atoms. The monoisotopic (exact) mass is 319 g/mol. The van der Waals surface area contributed by atoms with Gasteiger partial charge in [-0.15, -0.1) is 0 Å². The summed E-state index contributed by atoms with van der Waals surface area (Å²) >= 11 is 0. The van der Waals surface area contributed by atoms with Crippen molar-refractivity contribution in [3.8, 4) is 0 Å². The number of anilines is 1. The number of para-hydroxylation sites is 3. The molecule has 122 valence electrons. The Bertz CT molecular complexity index is 831. The minimum Gasteiger partial charge on any atom is -0.342 e. The van der Waals surface area contributed by atoms with E-state index in [1.165, 1.54) is 6.42 Å². The Morgan fingerprint density at radius 1 is 1.08 bits per heavy atom. The lowest BCUT2D eigenvalue weighted by molar-refractivity contribution is -0.122. The van der Waals surface area contributed by atoms with Crippen molar-refractivity contribution in [3.05, 3.63) is 59.9 Å². The van der Waals surface area contributed by atoms with Gasteiger partial charge in [-0.2, -0.15) is 0 Å². The maximum atomic E-state index is 12.2. The fourth-order valence-corrected chi connectivity index (χ4v) is 3.14. The van der Waals surface area contributed by atoms with Gasteiger partial charge in [0.15, 0.2) is 0 Å². The zero-order chi connectivity index (χ0) is 16.4. The Labute approximate surface area is 141 Å². The highest BCUT2D eigenvalue weighted by Gasteiger charge is 2.25. The average molecular weight is 319 g/mol. The number of nitrogens with zero attached hydrogens (tertiary/aromatic N) is 1. The van der Waals surface area contributed by atoms with Crippen molar-refractivity contribution in [2.75, 3.05) is 5.32 Å². The van der Waals surface area contributed by atoms with E-state index in [1.54, 1.807) is 0 Å². The molecule has 1 aliphatic carbocycles. The number of nitrogens with one attached hydrogen (secondary N) is 2. The number of hydrogen-bond acceptors (Lipinski definition) is 2. The molecule has 0 radical (unpaired) electrons. The highest BCUT2D eigenvalue weighted by atomic mass is 16.1. The number of aromatic amines is 1. The molecule has 1 aromatic heterocycles. The van der Waals surface area contributed by atoms with E-state index in [0.29, 0.717) is 0 Å². The van der Waals surface area contributed by atoms with Gasteiger partial charge < -0.3 is 10.3 Å². The van der Waals surface area contributed by atoms with Crippen LogP contribution in [0.2, 0.25) is 0 Å². The lowest BCUT2D eigenvalue weighted by Crippen LogP contribution is -2.28. The molecule has 0 unspecified atom stereocenters. The van der Waals surface area contributed by atoms with E-state index >= 15 is 0 Å². The molecular weight excluding hydrogens is 298 g/mol. The number of carbonyl (C=O) groups excluding carboxylic acids is 1. The third-order valence-corrected chi connectivity index (χ3v) is 4.82. The number of aromatic nitrogens is 2. The number of H-pyrrole nitrogens is 1. The summed E-state index contributed by atoms with van der Waals surface area (Å²) in [4.78, 5) is 20.2. The van der Waals surface area contributed by atoms with Crippen molar-refractivity contribution in [1.29, 1.82) is 0 Å². The number of rotatable bonds is 5. The third kappa shape index (κ3) is 3.04. The molecule has 2 aromatic carbocycles. The fourth-order valence-electron chi connectivity index (χ4n) is 3.14. The summed E-state index contributed by atoms with van der Waals surface area (Å²) in [6.45, 7) is 0. The molecule has 1 fully saturated rings. The molecular formula is C20H21N3O. The number of hydrogen-bond donors (Lipinski definition) is 2. The second-order valence-corrected chi connectivity index (χ2v) is 6.47. The normalized spacial score (nSPS) is 14.5. The van der Waals surface area contributed by atoms with Crippen molar-refractivity contribution in [2.45, 2.75) is 32.1 Å². The van der Waals surface area contributed by atoms with Crippen molar-refractivity contribution in [2.24, 2.45) is 5.92 Å². The van der Waals surface area contributed by atoms with Gasteiger partial charge >= 0.3 is 0 Å². The Balaban J connectivity index is 1.46. The van der Waals surface area contributed by atoms with E-state index in [1.807, 2.05) is 42.5 Å². The number of imidazole rings is 1. The predicted molar refractivity (Wildman–Crippen MR) is 95.9 cm³/mol.